The molecule has 0 unspecified atom stereocenters. The van der Waals surface area contributed by atoms with Crippen LogP contribution in [0, 0.1) is 0 Å². The number of likely N-dealkylation sites (N-methyl/N-ethyl adjacent to an activating group) is 1. The summed E-state index contributed by atoms with van der Waals surface area (Å²) in [6.45, 7) is 2.80. The molecule has 3 saturated heterocycles. The third kappa shape index (κ3) is 4.51. The molecule has 0 aromatic heterocycles. The van der Waals surface area contributed by atoms with Gasteiger partial charge in [0.25, 0.3) is 5.91 Å². The van der Waals surface area contributed by atoms with E-state index in [4.69, 9.17) is 4.74 Å². The molecule has 2 N–H and O–H groups in total. The van der Waals surface area contributed by atoms with Crippen LogP contribution in [-0.4, -0.2) is 90.5 Å². The minimum absolute atomic E-state index is 0.0443. The van der Waals surface area contributed by atoms with Crippen LogP contribution in [0.4, 0.5) is 0 Å². The Hall–Kier alpha value is -2.29. The quantitative estimate of drug-likeness (QED) is 0.613. The van der Waals surface area contributed by atoms with Crippen molar-refractivity contribution in [2.24, 2.45) is 0 Å². The molecule has 2 saturated carbocycles. The van der Waals surface area contributed by atoms with Gasteiger partial charge in [0.05, 0.1) is 6.04 Å². The maximum atomic E-state index is 13.9. The number of carbonyl (C=O) groups excluding carboxylic acids is 3. The Morgan fingerprint density at radius 1 is 1.00 bits per heavy atom. The topological polar surface area (TPSA) is 91.0 Å². The number of hydrogen-bond acceptors (Lipinski definition) is 6. The van der Waals surface area contributed by atoms with Gasteiger partial charge in [0.15, 0.2) is 5.78 Å². The van der Waals surface area contributed by atoms with Gasteiger partial charge in [-0.25, -0.2) is 0 Å². The summed E-state index contributed by atoms with van der Waals surface area (Å²) in [4.78, 5) is 44.2. The first-order valence-corrected chi connectivity index (χ1v) is 14.3. The predicted molar refractivity (Wildman–Crippen MR) is 139 cm³/mol. The Bertz CT molecular complexity index is 1020. The fourth-order valence-corrected chi connectivity index (χ4v) is 7.31. The smallest absolute Gasteiger partial charge is 0.252 e. The second-order valence-corrected chi connectivity index (χ2v) is 11.8. The summed E-state index contributed by atoms with van der Waals surface area (Å²) in [5, 5.41) is 6.33. The van der Waals surface area contributed by atoms with Gasteiger partial charge in [-0.15, -0.1) is 0 Å². The van der Waals surface area contributed by atoms with Crippen molar-refractivity contribution in [3.63, 3.8) is 0 Å². The van der Waals surface area contributed by atoms with Gasteiger partial charge in [0, 0.05) is 18.2 Å². The van der Waals surface area contributed by atoms with Gasteiger partial charge in [-0.1, -0.05) is 31.4 Å². The molecule has 6 rings (SSSR count). The minimum atomic E-state index is -0.958. The van der Waals surface area contributed by atoms with Crippen LogP contribution in [0.1, 0.15) is 79.6 Å². The summed E-state index contributed by atoms with van der Waals surface area (Å²) in [6, 6.07) is 8.18. The highest BCUT2D eigenvalue weighted by atomic mass is 16.5. The number of likely N-dealkylation sites (tertiary alicyclic amines) is 2. The zero-order valence-electron chi connectivity index (χ0n) is 21.9. The van der Waals surface area contributed by atoms with Crippen LogP contribution in [0.15, 0.2) is 24.3 Å². The monoisotopic (exact) mass is 508 g/mol. The number of hydrogen-bond donors (Lipinski definition) is 2. The Morgan fingerprint density at radius 3 is 2.32 bits per heavy atom. The first kappa shape index (κ1) is 25.0. The van der Waals surface area contributed by atoms with E-state index in [2.05, 4.69) is 27.7 Å². The van der Waals surface area contributed by atoms with Crippen molar-refractivity contribution in [1.82, 2.24) is 20.4 Å². The number of nitrogens with one attached hydrogen (secondary N) is 2. The Labute approximate surface area is 219 Å². The molecule has 200 valence electrons. The third-order valence-electron chi connectivity index (χ3n) is 9.80. The van der Waals surface area contributed by atoms with Crippen molar-refractivity contribution in [3.8, 4) is 0 Å². The number of ether oxygens (including phenoxy) is 1. The van der Waals surface area contributed by atoms with Crippen LogP contribution in [0.2, 0.25) is 0 Å². The first-order chi connectivity index (χ1) is 18.0. The molecule has 2 amide bonds. The molecule has 3 atom stereocenters. The first-order valence-electron chi connectivity index (χ1n) is 14.3. The van der Waals surface area contributed by atoms with Crippen molar-refractivity contribution in [2.75, 3.05) is 33.3 Å². The normalized spacial score (nSPS) is 30.4. The highest BCUT2D eigenvalue weighted by Crippen LogP contribution is 2.37. The van der Waals surface area contributed by atoms with E-state index in [0.29, 0.717) is 30.9 Å². The van der Waals surface area contributed by atoms with Gasteiger partial charge in [0.2, 0.25) is 5.91 Å². The molecule has 3 aliphatic heterocycles. The zero-order valence-corrected chi connectivity index (χ0v) is 21.9. The number of nitrogens with zero attached hydrogens (tertiary/aromatic N) is 2. The number of benzene rings is 1. The second-order valence-electron chi connectivity index (χ2n) is 11.8. The fraction of sp³-hybridized carbons (Fsp3) is 0.690. The molecule has 0 spiro atoms. The van der Waals surface area contributed by atoms with Crippen molar-refractivity contribution in [1.29, 1.82) is 0 Å². The van der Waals surface area contributed by atoms with E-state index < -0.39 is 11.6 Å². The van der Waals surface area contributed by atoms with E-state index in [9.17, 15) is 14.4 Å². The molecule has 3 heterocycles. The molecule has 5 fully saturated rings. The lowest BCUT2D eigenvalue weighted by Crippen LogP contribution is -2.60. The number of carbonyl (C=O) groups is 3. The number of amides is 2. The molecule has 8 nitrogen and oxygen atoms in total. The largest absolute Gasteiger partial charge is 0.366 e. The molecule has 5 aliphatic rings. The van der Waals surface area contributed by atoms with Crippen LogP contribution in [0.3, 0.4) is 0 Å². The highest BCUT2D eigenvalue weighted by molar-refractivity contribution is 6.01. The summed E-state index contributed by atoms with van der Waals surface area (Å²) in [7, 11) is 1.83. The van der Waals surface area contributed by atoms with Crippen molar-refractivity contribution in [3.05, 3.63) is 35.4 Å². The van der Waals surface area contributed by atoms with Gasteiger partial charge in [-0.2, -0.15) is 0 Å². The highest BCUT2D eigenvalue weighted by Gasteiger charge is 2.56. The van der Waals surface area contributed by atoms with Gasteiger partial charge in [-0.3, -0.25) is 14.4 Å². The van der Waals surface area contributed by atoms with Gasteiger partial charge in [0.1, 0.15) is 24.3 Å². The van der Waals surface area contributed by atoms with E-state index >= 15 is 0 Å². The van der Waals surface area contributed by atoms with Crippen LogP contribution in [0.25, 0.3) is 0 Å². The van der Waals surface area contributed by atoms with Crippen LogP contribution in [-0.2, 0) is 14.3 Å². The van der Waals surface area contributed by atoms with E-state index in [1.54, 1.807) is 4.90 Å². The summed E-state index contributed by atoms with van der Waals surface area (Å²) in [5.74, 6) is 0.145. The maximum Gasteiger partial charge on any atom is 0.252 e. The molecule has 0 radical (unpaired) electrons. The van der Waals surface area contributed by atoms with Gasteiger partial charge < -0.3 is 25.2 Å². The molecular weight excluding hydrogens is 468 g/mol. The number of rotatable bonds is 6. The lowest BCUT2D eigenvalue weighted by Gasteiger charge is -2.42. The molecule has 0 bridgehead atoms. The van der Waals surface area contributed by atoms with Crippen LogP contribution < -0.4 is 10.6 Å². The third-order valence-corrected chi connectivity index (χ3v) is 9.80. The maximum absolute atomic E-state index is 13.9. The van der Waals surface area contributed by atoms with Crippen LogP contribution in [0.5, 0.6) is 0 Å². The number of fused-ring (bicyclic) bond motifs is 1. The molecule has 8 heteroatoms. The van der Waals surface area contributed by atoms with Crippen LogP contribution >= 0.6 is 0 Å². The molecule has 37 heavy (non-hydrogen) atoms. The van der Waals surface area contributed by atoms with Crippen molar-refractivity contribution < 1.29 is 19.1 Å². The van der Waals surface area contributed by atoms with Crippen molar-refractivity contribution in [2.45, 2.75) is 93.5 Å². The summed E-state index contributed by atoms with van der Waals surface area (Å²) in [5.41, 5.74) is 0.931. The van der Waals surface area contributed by atoms with Gasteiger partial charge in [-0.05, 0) is 82.3 Å². The lowest BCUT2D eigenvalue weighted by molar-refractivity contribution is -0.142. The molecule has 2 aliphatic carbocycles. The fourth-order valence-electron chi connectivity index (χ4n) is 7.31. The van der Waals surface area contributed by atoms with E-state index in [0.717, 1.165) is 18.9 Å². The number of ketones is 1. The Balaban J connectivity index is 1.12. The second kappa shape index (κ2) is 10.1. The summed E-state index contributed by atoms with van der Waals surface area (Å²) >= 11 is 0. The number of piperidine rings is 1. The Kier molecular flexibility index (Phi) is 6.84. The van der Waals surface area contributed by atoms with E-state index in [-0.39, 0.29) is 36.4 Å². The SMILES string of the molecule is CN[C@H]1CN(C(=O)C2(NC(=O)c3ccc(C4CCN(C5CCC5)CC4)cc3)CCCC2)[C@@H]2C(=O)CO[C@H]12. The summed E-state index contributed by atoms with van der Waals surface area (Å²) < 4.78 is 5.71. The zero-order chi connectivity index (χ0) is 25.6. The predicted octanol–water partition coefficient (Wildman–Crippen LogP) is 2.23. The standard InChI is InChI=1S/C29H40N4O4/c1-30-23-17-33(25-24(34)18-37-26(23)25)28(36)29(13-2-3-14-29)31-27(35)21-9-7-19(8-10-21)20-11-15-32(16-12-20)22-5-4-6-22/h7-10,20,22-23,25-26,30H,2-6,11-18H2,1H3,(H,31,35)/t23-,25+,26+/m0/s1. The molecular formula is C29H40N4O4. The molecule has 1 aromatic carbocycles. The average Bonchev–Trinajstić information content (AvgIpc) is 3.61. The Morgan fingerprint density at radius 2 is 1.70 bits per heavy atom. The van der Waals surface area contributed by atoms with E-state index in [1.165, 1.54) is 50.8 Å². The lowest BCUT2D eigenvalue weighted by atomic mass is 9.85. The average molecular weight is 509 g/mol. The van der Waals surface area contributed by atoms with Crippen molar-refractivity contribution >= 4 is 17.6 Å². The minimum Gasteiger partial charge on any atom is -0.366 e. The number of Topliss-reactive ketones (excluding diaryl/α,β-unsaturated/α-hetero) is 1. The molecule has 1 aromatic rings. The van der Waals surface area contributed by atoms with E-state index in [1.807, 2.05) is 19.2 Å². The van der Waals surface area contributed by atoms with Gasteiger partial charge >= 0.3 is 0 Å². The summed E-state index contributed by atoms with van der Waals surface area (Å²) in [6.07, 6.45) is 9.09.